The highest BCUT2D eigenvalue weighted by molar-refractivity contribution is 5.96. The lowest BCUT2D eigenvalue weighted by atomic mass is 10.0. The van der Waals surface area contributed by atoms with E-state index in [1.165, 1.54) is 6.07 Å². The van der Waals surface area contributed by atoms with Crippen LogP contribution in [-0.4, -0.2) is 54.2 Å². The number of aryl methyl sites for hydroxylation is 1. The molecule has 1 N–H and O–H groups in total. The largest absolute Gasteiger partial charge is 0.385 e. The lowest BCUT2D eigenvalue weighted by molar-refractivity contribution is -0.383. The normalized spacial score (nSPS) is 16.1. The minimum atomic E-state index is -0.364. The quantitative estimate of drug-likeness (QED) is 0.464. The van der Waals surface area contributed by atoms with E-state index in [9.17, 15) is 10.1 Å². The van der Waals surface area contributed by atoms with Gasteiger partial charge in [-0.25, -0.2) is 4.98 Å². The number of nitro groups is 1. The molecule has 140 valence electrons. The Kier molecular flexibility index (Phi) is 6.00. The molecule has 0 unspecified atom stereocenters. The molecule has 26 heavy (non-hydrogen) atoms. The molecule has 1 saturated heterocycles. The molecule has 0 radical (unpaired) electrons. The van der Waals surface area contributed by atoms with Gasteiger partial charge in [-0.15, -0.1) is 0 Å². The molecule has 0 aliphatic carbocycles. The molecule has 0 bridgehead atoms. The fourth-order valence-corrected chi connectivity index (χ4v) is 3.58. The second-order valence-corrected chi connectivity index (χ2v) is 6.85. The Morgan fingerprint density at radius 1 is 1.38 bits per heavy atom. The number of likely N-dealkylation sites (tertiary alicyclic amines) is 1. The van der Waals surface area contributed by atoms with Crippen LogP contribution in [0.4, 0.5) is 11.4 Å². The molecule has 7 nitrogen and oxygen atoms in total. The summed E-state index contributed by atoms with van der Waals surface area (Å²) in [6.45, 7) is 5.87. The van der Waals surface area contributed by atoms with Crippen molar-refractivity contribution < 1.29 is 9.66 Å². The number of nitrogens with one attached hydrogen (secondary N) is 1. The van der Waals surface area contributed by atoms with Gasteiger partial charge < -0.3 is 15.0 Å². The zero-order valence-electron chi connectivity index (χ0n) is 15.4. The van der Waals surface area contributed by atoms with E-state index in [0.29, 0.717) is 11.6 Å². The topological polar surface area (TPSA) is 80.5 Å². The number of nitro benzene ring substituents is 1. The second-order valence-electron chi connectivity index (χ2n) is 6.85. The maximum absolute atomic E-state index is 11.3. The van der Waals surface area contributed by atoms with Crippen LogP contribution in [0.3, 0.4) is 0 Å². The van der Waals surface area contributed by atoms with Crippen LogP contribution in [0.1, 0.15) is 25.0 Å². The number of nitrogens with zero attached hydrogens (tertiary/aromatic N) is 3. The molecule has 1 fully saturated rings. The average molecular weight is 358 g/mol. The van der Waals surface area contributed by atoms with Gasteiger partial charge in [0.25, 0.3) is 5.69 Å². The third-order valence-corrected chi connectivity index (χ3v) is 4.91. The van der Waals surface area contributed by atoms with Crippen molar-refractivity contribution in [3.8, 4) is 0 Å². The Hall–Kier alpha value is -2.25. The van der Waals surface area contributed by atoms with Crippen molar-refractivity contribution in [3.63, 3.8) is 0 Å². The number of ether oxygens (including phenoxy) is 1. The number of benzene rings is 1. The summed E-state index contributed by atoms with van der Waals surface area (Å²) < 4.78 is 5.12. The molecule has 0 spiro atoms. The van der Waals surface area contributed by atoms with Gasteiger partial charge in [0.05, 0.1) is 4.92 Å². The van der Waals surface area contributed by atoms with Gasteiger partial charge in [-0.3, -0.25) is 10.1 Å². The van der Waals surface area contributed by atoms with Crippen LogP contribution in [0, 0.1) is 17.0 Å². The maximum Gasteiger partial charge on any atom is 0.295 e. The summed E-state index contributed by atoms with van der Waals surface area (Å²) >= 11 is 0. The third-order valence-electron chi connectivity index (χ3n) is 4.91. The first-order chi connectivity index (χ1) is 12.6. The molecule has 2 heterocycles. The Morgan fingerprint density at radius 3 is 2.85 bits per heavy atom. The van der Waals surface area contributed by atoms with Gasteiger partial charge in [0.2, 0.25) is 0 Å². The van der Waals surface area contributed by atoms with Gasteiger partial charge in [0.15, 0.2) is 5.52 Å². The molecule has 1 aromatic heterocycles. The van der Waals surface area contributed by atoms with E-state index in [2.05, 4.69) is 15.2 Å². The number of hydrogen-bond donors (Lipinski definition) is 1. The number of aromatic nitrogens is 1. The van der Waals surface area contributed by atoms with Gasteiger partial charge in [0.1, 0.15) is 0 Å². The van der Waals surface area contributed by atoms with Crippen molar-refractivity contribution in [3.05, 3.63) is 40.1 Å². The molecule has 7 heteroatoms. The maximum atomic E-state index is 11.3. The molecule has 1 aliphatic rings. The fraction of sp³-hybridized carbons (Fsp3) is 0.526. The van der Waals surface area contributed by atoms with Crippen LogP contribution in [0.25, 0.3) is 10.9 Å². The Balaban J connectivity index is 1.72. The number of para-hydroxylation sites is 1. The smallest absolute Gasteiger partial charge is 0.295 e. The van der Waals surface area contributed by atoms with Crippen molar-refractivity contribution >= 4 is 22.3 Å². The van der Waals surface area contributed by atoms with Crippen molar-refractivity contribution in [2.75, 3.05) is 38.7 Å². The van der Waals surface area contributed by atoms with Gasteiger partial charge in [-0.2, -0.15) is 0 Å². The summed E-state index contributed by atoms with van der Waals surface area (Å²) in [4.78, 5) is 17.8. The molecular formula is C19H26N4O3. The monoisotopic (exact) mass is 358 g/mol. The number of piperidine rings is 1. The standard InChI is InChI=1S/C19H26N4O3/c1-14-13-17(16-5-3-6-18(23(24)25)19(16)20-14)21-15-7-10-22(11-8-15)9-4-12-26-2/h3,5-6,13,15H,4,7-12H2,1-2H3,(H,20,21). The summed E-state index contributed by atoms with van der Waals surface area (Å²) in [5.41, 5.74) is 2.24. The lowest BCUT2D eigenvalue weighted by Gasteiger charge is -2.33. The number of non-ortho nitro benzene ring substituents is 1. The zero-order chi connectivity index (χ0) is 18.5. The van der Waals surface area contributed by atoms with E-state index in [1.54, 1.807) is 13.2 Å². The van der Waals surface area contributed by atoms with E-state index < -0.39 is 0 Å². The third kappa shape index (κ3) is 4.28. The van der Waals surface area contributed by atoms with Crippen molar-refractivity contribution in [2.45, 2.75) is 32.2 Å². The first kappa shape index (κ1) is 18.5. The van der Waals surface area contributed by atoms with Crippen LogP contribution in [0.15, 0.2) is 24.3 Å². The van der Waals surface area contributed by atoms with E-state index in [1.807, 2.05) is 19.1 Å². The molecule has 0 amide bonds. The molecule has 2 aromatic rings. The number of methoxy groups -OCH3 is 1. The minimum absolute atomic E-state index is 0.0576. The summed E-state index contributed by atoms with van der Waals surface area (Å²) in [7, 11) is 1.74. The minimum Gasteiger partial charge on any atom is -0.385 e. The number of pyridine rings is 1. The Labute approximate surface area is 153 Å². The molecule has 0 atom stereocenters. The van der Waals surface area contributed by atoms with Gasteiger partial charge in [-0.1, -0.05) is 12.1 Å². The van der Waals surface area contributed by atoms with Crippen LogP contribution in [0.2, 0.25) is 0 Å². The Bertz CT molecular complexity index is 773. The molecule has 1 aliphatic heterocycles. The van der Waals surface area contributed by atoms with E-state index in [-0.39, 0.29) is 10.6 Å². The van der Waals surface area contributed by atoms with Crippen LogP contribution < -0.4 is 5.32 Å². The van der Waals surface area contributed by atoms with Crippen molar-refractivity contribution in [2.24, 2.45) is 0 Å². The summed E-state index contributed by atoms with van der Waals surface area (Å²) in [5, 5.41) is 15.7. The second kappa shape index (κ2) is 8.42. The van der Waals surface area contributed by atoms with E-state index >= 15 is 0 Å². The number of anilines is 1. The first-order valence-electron chi connectivity index (χ1n) is 9.11. The number of fused-ring (bicyclic) bond motifs is 1. The van der Waals surface area contributed by atoms with E-state index in [0.717, 1.165) is 62.3 Å². The van der Waals surface area contributed by atoms with Gasteiger partial charge in [-0.05, 0) is 32.3 Å². The fourth-order valence-electron chi connectivity index (χ4n) is 3.58. The summed E-state index contributed by atoms with van der Waals surface area (Å²) in [5.74, 6) is 0. The molecule has 1 aromatic carbocycles. The first-order valence-corrected chi connectivity index (χ1v) is 9.11. The average Bonchev–Trinajstić information content (AvgIpc) is 2.62. The van der Waals surface area contributed by atoms with Crippen molar-refractivity contribution in [1.82, 2.24) is 9.88 Å². The molecule has 0 saturated carbocycles. The lowest BCUT2D eigenvalue weighted by Crippen LogP contribution is -2.39. The highest BCUT2D eigenvalue weighted by Crippen LogP contribution is 2.31. The Morgan fingerprint density at radius 2 is 2.15 bits per heavy atom. The van der Waals surface area contributed by atoms with Crippen LogP contribution in [0.5, 0.6) is 0 Å². The molecule has 3 rings (SSSR count). The summed E-state index contributed by atoms with van der Waals surface area (Å²) in [6, 6.07) is 7.49. The number of hydrogen-bond acceptors (Lipinski definition) is 6. The predicted molar refractivity (Wildman–Crippen MR) is 103 cm³/mol. The predicted octanol–water partition coefficient (Wildman–Crippen LogP) is 3.36. The molecular weight excluding hydrogens is 332 g/mol. The van der Waals surface area contributed by atoms with Gasteiger partial charge >= 0.3 is 0 Å². The highest BCUT2D eigenvalue weighted by atomic mass is 16.6. The number of rotatable bonds is 7. The van der Waals surface area contributed by atoms with Crippen LogP contribution >= 0.6 is 0 Å². The van der Waals surface area contributed by atoms with E-state index in [4.69, 9.17) is 4.74 Å². The summed E-state index contributed by atoms with van der Waals surface area (Å²) in [6.07, 6.45) is 3.18. The highest BCUT2D eigenvalue weighted by Gasteiger charge is 2.21. The van der Waals surface area contributed by atoms with Crippen LogP contribution in [-0.2, 0) is 4.74 Å². The van der Waals surface area contributed by atoms with Crippen molar-refractivity contribution in [1.29, 1.82) is 0 Å². The van der Waals surface area contributed by atoms with Gasteiger partial charge in [0, 0.05) is 62.2 Å². The SMILES string of the molecule is COCCCN1CCC(Nc2cc(C)nc3c([N+](=O)[O-])cccc23)CC1. The zero-order valence-corrected chi connectivity index (χ0v) is 15.4.